The Morgan fingerprint density at radius 1 is 0.392 bits per heavy atom. The number of nitrogens with two attached hydrogens (primary N) is 9. The van der Waals surface area contributed by atoms with Crippen molar-refractivity contribution in [1.82, 2.24) is 74.0 Å². The summed E-state index contributed by atoms with van der Waals surface area (Å²) < 4.78 is 0. The lowest BCUT2D eigenvalue weighted by atomic mass is 9.96. The molecule has 0 aromatic heterocycles. The van der Waals surface area contributed by atoms with Crippen LogP contribution < -0.4 is 121 Å². The van der Waals surface area contributed by atoms with E-state index in [-0.39, 0.29) is 134 Å². The first-order valence-corrected chi connectivity index (χ1v) is 38.6. The van der Waals surface area contributed by atoms with Gasteiger partial charge in [-0.15, -0.1) is 0 Å². The summed E-state index contributed by atoms with van der Waals surface area (Å²) in [4.78, 5) is 247. The van der Waals surface area contributed by atoms with Gasteiger partial charge >= 0.3 is 17.9 Å². The third-order valence-corrected chi connectivity index (χ3v) is 18.0. The summed E-state index contributed by atoms with van der Waals surface area (Å²) in [6.07, 6.45) is -2.89. The van der Waals surface area contributed by atoms with E-state index in [0.717, 1.165) is 4.90 Å². The van der Waals surface area contributed by atoms with Gasteiger partial charge in [0.1, 0.15) is 78.5 Å². The Morgan fingerprint density at radius 2 is 0.708 bits per heavy atom. The van der Waals surface area contributed by atoms with Crippen LogP contribution in [-0.2, 0) is 81.5 Å². The first-order chi connectivity index (χ1) is 56.3. The summed E-state index contributed by atoms with van der Waals surface area (Å²) in [5.41, 5.74) is 49.2. The van der Waals surface area contributed by atoms with E-state index >= 15 is 0 Å². The lowest BCUT2D eigenvalue weighted by molar-refractivity contribution is -0.143. The number of aliphatic carboxylic acids is 3. The molecule has 120 heavy (non-hydrogen) atoms. The number of aliphatic imine (C=N–C) groups is 4. The number of aliphatic hydroxyl groups is 4. The van der Waals surface area contributed by atoms with Crippen molar-refractivity contribution in [3.63, 3.8) is 0 Å². The SMILES string of the molecule is CC[C@H](C)[C@H](NC(=O)[C@@H]1CCCN1C(=O)[C@H](CCCN=C(N)N)NC(=O)[C@H](CO)NC(=O)[C@H](CC(=O)O)NC(=O)[C@H](CC(C)C)NC(=O)[C@H](CCCN=C(N)N)NC(=O)[C@H](CO)NC(=O)CNC(=O)[C@@H](N)CCCN=C(N)N)C(=O)N[C@@H](CC(C)C)C(=O)N[C@@H](CC(=O)O)C(=O)N[C@@H](CO)C(=O)N[C@@H](CCCN=C(N)N)C(=O)N[C@@H](CO)C(=O)O. The molecule has 1 fully saturated rings. The van der Waals surface area contributed by atoms with Crippen molar-refractivity contribution < 1.29 is 117 Å². The van der Waals surface area contributed by atoms with E-state index in [1.54, 1.807) is 41.5 Å². The molecule has 678 valence electrons. The average molecular weight is 1710 g/mol. The molecule has 51 heteroatoms. The van der Waals surface area contributed by atoms with Gasteiger partial charge in [0, 0.05) is 32.7 Å². The van der Waals surface area contributed by atoms with Crippen LogP contribution >= 0.6 is 0 Å². The van der Waals surface area contributed by atoms with Gasteiger partial charge in [0.15, 0.2) is 23.8 Å². The Hall–Kier alpha value is -12.1. The second-order valence-electron chi connectivity index (χ2n) is 28.9. The van der Waals surface area contributed by atoms with Crippen LogP contribution in [0.25, 0.3) is 0 Å². The number of rotatable bonds is 58. The number of amides is 14. The summed E-state index contributed by atoms with van der Waals surface area (Å²) in [6.45, 7) is 4.21. The fraction of sp³-hybridized carbons (Fsp3) is 0.696. The van der Waals surface area contributed by atoms with Crippen molar-refractivity contribution >= 4 is 124 Å². The number of nitrogens with one attached hydrogen (secondary N) is 13. The highest BCUT2D eigenvalue weighted by Crippen LogP contribution is 2.22. The minimum Gasteiger partial charge on any atom is -0.481 e. The Bertz CT molecular complexity index is 3590. The van der Waals surface area contributed by atoms with Crippen LogP contribution in [-0.4, -0.2) is 315 Å². The summed E-state index contributed by atoms with van der Waals surface area (Å²) >= 11 is 0. The number of hydrogen-bond donors (Lipinski definition) is 29. The Morgan fingerprint density at radius 3 is 1.07 bits per heavy atom. The van der Waals surface area contributed by atoms with E-state index in [4.69, 9.17) is 51.6 Å². The second-order valence-corrected chi connectivity index (χ2v) is 28.9. The van der Waals surface area contributed by atoms with E-state index in [2.05, 4.69) is 83.8 Å². The summed E-state index contributed by atoms with van der Waals surface area (Å²) in [6, 6.07) is -23.7. The van der Waals surface area contributed by atoms with Gasteiger partial charge in [-0.3, -0.25) is 96.7 Å². The van der Waals surface area contributed by atoms with Gasteiger partial charge in [-0.2, -0.15) is 0 Å². The van der Waals surface area contributed by atoms with Gasteiger partial charge in [0.25, 0.3) is 0 Å². The quantitative estimate of drug-likeness (QED) is 0.0153. The molecule has 38 N–H and O–H groups in total. The molecule has 51 nitrogen and oxygen atoms in total. The molecule has 15 atom stereocenters. The fourth-order valence-electron chi connectivity index (χ4n) is 11.6. The maximum Gasteiger partial charge on any atom is 0.328 e. The van der Waals surface area contributed by atoms with Crippen molar-refractivity contribution in [2.24, 2.45) is 89.3 Å². The first-order valence-electron chi connectivity index (χ1n) is 38.6. The molecular formula is C69H123N27O24. The molecular weight excluding hydrogens is 1590 g/mol. The van der Waals surface area contributed by atoms with Crippen LogP contribution in [0.15, 0.2) is 20.0 Å². The molecule has 0 aromatic rings. The average Bonchev–Trinajstić information content (AvgIpc) is 1.63. The molecule has 0 aromatic carbocycles. The molecule has 0 saturated carbocycles. The van der Waals surface area contributed by atoms with Gasteiger partial charge in [-0.25, -0.2) is 4.79 Å². The molecule has 1 aliphatic rings. The third kappa shape index (κ3) is 40.8. The standard InChI is InChI=1S/C69H123N27O24/c1-7-34(6)51(63(117)91-40(24-33(4)5)56(110)90-42(26-50(104)105)57(111)92-44(29-98)60(114)86-37(15-10-20-81-68(75)76)54(108)94-46(31-100)65(119)120)95-62(116)47-17-12-22-96(47)64(118)38(16-11-21-82-69(77)78)87-61(115)45(30-99)93-58(112)41(25-49(102)103)89-55(109)39(23-32(2)3)88-53(107)36(14-9-19-80-67(73)74)85-59(113)43(28-97)84-48(101)27-83-52(106)35(70)13-8-18-79-66(71)72/h32-47,51,97-100H,7-31,70H2,1-6H3,(H,83,106)(H,84,101)(H,85,113)(H,86,114)(H,87,115)(H,88,107)(H,89,109)(H,90,110)(H,91,117)(H,92,111)(H,93,112)(H,94,108)(H,95,116)(H,102,103)(H,104,105)(H,119,120)(H4,71,72,79)(H4,73,74,80)(H4,75,76,81)(H4,77,78,82)/t34-,35-,36-,37-,38-,39-,40-,41-,42-,43-,44-,45-,46-,47-,51-/m0/s1. The summed E-state index contributed by atoms with van der Waals surface area (Å²) in [5.74, 6) is -23.3. The van der Waals surface area contributed by atoms with Crippen LogP contribution in [0.1, 0.15) is 138 Å². The number of carbonyl (C=O) groups is 17. The Kier molecular flexibility index (Phi) is 49.0. The molecule has 0 bridgehead atoms. The zero-order valence-corrected chi connectivity index (χ0v) is 68.0. The van der Waals surface area contributed by atoms with Crippen LogP contribution in [0.4, 0.5) is 0 Å². The van der Waals surface area contributed by atoms with Crippen molar-refractivity contribution in [3.8, 4) is 0 Å². The number of likely N-dealkylation sites (tertiary alicyclic amines) is 1. The monoisotopic (exact) mass is 1710 g/mol. The van der Waals surface area contributed by atoms with E-state index in [1.807, 2.05) is 5.32 Å². The van der Waals surface area contributed by atoms with Crippen LogP contribution in [0.2, 0.25) is 0 Å². The molecule has 0 spiro atoms. The third-order valence-electron chi connectivity index (χ3n) is 18.0. The van der Waals surface area contributed by atoms with E-state index in [1.165, 1.54) is 0 Å². The molecule has 14 amide bonds. The number of nitrogens with zero attached hydrogens (tertiary/aromatic N) is 5. The highest BCUT2D eigenvalue weighted by atomic mass is 16.4. The summed E-state index contributed by atoms with van der Waals surface area (Å²) in [7, 11) is 0. The summed E-state index contributed by atoms with van der Waals surface area (Å²) in [5, 5.41) is 99.8. The molecule has 0 aliphatic carbocycles. The second kappa shape index (κ2) is 55.5. The predicted octanol–water partition coefficient (Wildman–Crippen LogP) is -13.4. The van der Waals surface area contributed by atoms with Crippen LogP contribution in [0, 0.1) is 17.8 Å². The van der Waals surface area contributed by atoms with Gasteiger partial charge in [0.05, 0.1) is 51.9 Å². The maximum absolute atomic E-state index is 14.8. The number of carboxylic acid groups (broad SMARTS) is 3. The zero-order chi connectivity index (χ0) is 91.2. The highest BCUT2D eigenvalue weighted by Gasteiger charge is 2.43. The molecule has 0 radical (unpaired) electrons. The number of guanidine groups is 4. The first kappa shape index (κ1) is 106. The van der Waals surface area contributed by atoms with Gasteiger partial charge < -0.3 is 161 Å². The number of carboxylic acids is 3. The topological polar surface area (TPSA) is 875 Å². The van der Waals surface area contributed by atoms with Crippen molar-refractivity contribution in [2.75, 3.05) is 65.7 Å². The molecule has 1 heterocycles. The minimum absolute atomic E-state index is 0.00934. The smallest absolute Gasteiger partial charge is 0.328 e. The number of aliphatic hydroxyl groups excluding tert-OH is 4. The highest BCUT2D eigenvalue weighted by molar-refractivity contribution is 6.01. The van der Waals surface area contributed by atoms with Gasteiger partial charge in [-0.1, -0.05) is 48.0 Å². The maximum atomic E-state index is 14.8. The number of hydrogen-bond acceptors (Lipinski definition) is 26. The van der Waals surface area contributed by atoms with Gasteiger partial charge in [0.2, 0.25) is 82.7 Å². The number of carbonyl (C=O) groups excluding carboxylic acids is 14. The Labute approximate surface area is 690 Å². The molecule has 1 aliphatic heterocycles. The minimum atomic E-state index is -2.08. The fourth-order valence-corrected chi connectivity index (χ4v) is 11.6. The Balaban J connectivity index is 3.61. The molecule has 1 saturated heterocycles. The normalized spacial score (nSPS) is 15.8. The van der Waals surface area contributed by atoms with Crippen LogP contribution in [0.3, 0.4) is 0 Å². The van der Waals surface area contributed by atoms with Crippen molar-refractivity contribution in [2.45, 2.75) is 222 Å². The van der Waals surface area contributed by atoms with E-state index in [0.29, 0.717) is 6.42 Å². The predicted molar refractivity (Wildman–Crippen MR) is 427 cm³/mol. The zero-order valence-electron chi connectivity index (χ0n) is 68.0. The van der Waals surface area contributed by atoms with Crippen molar-refractivity contribution in [1.29, 1.82) is 0 Å². The van der Waals surface area contributed by atoms with Gasteiger partial charge in [-0.05, 0) is 94.8 Å². The lowest BCUT2D eigenvalue weighted by Gasteiger charge is -2.32. The largest absolute Gasteiger partial charge is 0.481 e. The molecule has 1 rings (SSSR count). The van der Waals surface area contributed by atoms with E-state index in [9.17, 15) is 117 Å². The van der Waals surface area contributed by atoms with Crippen molar-refractivity contribution in [3.05, 3.63) is 0 Å². The van der Waals surface area contributed by atoms with Crippen LogP contribution in [0.5, 0.6) is 0 Å². The van der Waals surface area contributed by atoms with E-state index < -0.39 is 249 Å². The lowest BCUT2D eigenvalue weighted by Crippen LogP contribution is -2.62. The molecule has 0 unspecified atom stereocenters.